The van der Waals surface area contributed by atoms with E-state index in [2.05, 4.69) is 16.8 Å². The molecule has 0 aromatic carbocycles. The SMILES string of the molecule is Cc1ccnc(N2CCSCC2C)c1N. The van der Waals surface area contributed by atoms with E-state index in [1.165, 1.54) is 5.75 Å². The second-order valence-corrected chi connectivity index (χ2v) is 5.13. The zero-order valence-corrected chi connectivity index (χ0v) is 10.0. The molecular formula is C11H17N3S. The van der Waals surface area contributed by atoms with Crippen molar-refractivity contribution in [3.05, 3.63) is 17.8 Å². The topological polar surface area (TPSA) is 42.2 Å². The Hall–Kier alpha value is -0.900. The second-order valence-electron chi connectivity index (χ2n) is 3.98. The molecule has 1 saturated heterocycles. The van der Waals surface area contributed by atoms with Crippen LogP contribution in [0, 0.1) is 6.92 Å². The van der Waals surface area contributed by atoms with Crippen LogP contribution in [-0.4, -0.2) is 29.1 Å². The predicted octanol–water partition coefficient (Wildman–Crippen LogP) is 1.91. The largest absolute Gasteiger partial charge is 0.396 e. The van der Waals surface area contributed by atoms with Gasteiger partial charge in [-0.1, -0.05) is 0 Å². The maximum Gasteiger partial charge on any atom is 0.152 e. The molecule has 0 radical (unpaired) electrons. The van der Waals surface area contributed by atoms with Gasteiger partial charge in [0.1, 0.15) is 0 Å². The molecule has 0 bridgehead atoms. The molecule has 1 fully saturated rings. The maximum atomic E-state index is 6.06. The van der Waals surface area contributed by atoms with Gasteiger partial charge in [0.05, 0.1) is 5.69 Å². The van der Waals surface area contributed by atoms with E-state index >= 15 is 0 Å². The summed E-state index contributed by atoms with van der Waals surface area (Å²) >= 11 is 2.00. The number of aromatic nitrogens is 1. The first-order valence-electron chi connectivity index (χ1n) is 5.25. The van der Waals surface area contributed by atoms with E-state index in [9.17, 15) is 0 Å². The molecule has 2 rings (SSSR count). The maximum absolute atomic E-state index is 6.06. The monoisotopic (exact) mass is 223 g/mol. The summed E-state index contributed by atoms with van der Waals surface area (Å²) in [7, 11) is 0. The molecule has 1 aromatic rings. The lowest BCUT2D eigenvalue weighted by Crippen LogP contribution is -2.41. The molecule has 0 aliphatic carbocycles. The van der Waals surface area contributed by atoms with Gasteiger partial charge in [-0.25, -0.2) is 4.98 Å². The molecule has 82 valence electrons. The van der Waals surface area contributed by atoms with E-state index in [4.69, 9.17) is 5.73 Å². The van der Waals surface area contributed by atoms with Crippen molar-refractivity contribution in [2.24, 2.45) is 0 Å². The molecule has 0 amide bonds. The van der Waals surface area contributed by atoms with E-state index in [0.29, 0.717) is 6.04 Å². The van der Waals surface area contributed by atoms with Crippen molar-refractivity contribution in [3.8, 4) is 0 Å². The number of thioether (sulfide) groups is 1. The first kappa shape index (κ1) is 10.6. The third-order valence-electron chi connectivity index (χ3n) is 2.83. The Morgan fingerprint density at radius 1 is 1.60 bits per heavy atom. The zero-order valence-electron chi connectivity index (χ0n) is 9.23. The van der Waals surface area contributed by atoms with Gasteiger partial charge in [-0.3, -0.25) is 0 Å². The first-order chi connectivity index (χ1) is 7.20. The van der Waals surface area contributed by atoms with Gasteiger partial charge < -0.3 is 10.6 Å². The third kappa shape index (κ3) is 2.04. The minimum Gasteiger partial charge on any atom is -0.396 e. The fraction of sp³-hybridized carbons (Fsp3) is 0.545. The molecule has 2 heterocycles. The van der Waals surface area contributed by atoms with E-state index in [-0.39, 0.29) is 0 Å². The van der Waals surface area contributed by atoms with Crippen LogP contribution in [0.4, 0.5) is 11.5 Å². The molecule has 1 aliphatic rings. The highest BCUT2D eigenvalue weighted by molar-refractivity contribution is 7.99. The van der Waals surface area contributed by atoms with Crippen LogP contribution in [0.5, 0.6) is 0 Å². The van der Waals surface area contributed by atoms with Crippen molar-refractivity contribution in [1.82, 2.24) is 4.98 Å². The number of aryl methyl sites for hydroxylation is 1. The van der Waals surface area contributed by atoms with Gasteiger partial charge in [0, 0.05) is 30.3 Å². The van der Waals surface area contributed by atoms with E-state index in [1.807, 2.05) is 30.9 Å². The molecule has 1 atom stereocenters. The lowest BCUT2D eigenvalue weighted by atomic mass is 10.2. The van der Waals surface area contributed by atoms with Gasteiger partial charge >= 0.3 is 0 Å². The summed E-state index contributed by atoms with van der Waals surface area (Å²) in [5, 5.41) is 0. The van der Waals surface area contributed by atoms with Crippen LogP contribution in [-0.2, 0) is 0 Å². The van der Waals surface area contributed by atoms with Crippen LogP contribution in [0.2, 0.25) is 0 Å². The molecule has 4 heteroatoms. The number of nitrogens with zero attached hydrogens (tertiary/aromatic N) is 2. The molecule has 0 saturated carbocycles. The van der Waals surface area contributed by atoms with Gasteiger partial charge in [0.15, 0.2) is 5.82 Å². The highest BCUT2D eigenvalue weighted by Gasteiger charge is 2.21. The molecule has 3 nitrogen and oxygen atoms in total. The van der Waals surface area contributed by atoms with Crippen molar-refractivity contribution in [3.63, 3.8) is 0 Å². The molecule has 15 heavy (non-hydrogen) atoms. The van der Waals surface area contributed by atoms with Gasteiger partial charge in [-0.15, -0.1) is 0 Å². The quantitative estimate of drug-likeness (QED) is 0.790. The molecule has 2 N–H and O–H groups in total. The average molecular weight is 223 g/mol. The second kappa shape index (κ2) is 4.31. The summed E-state index contributed by atoms with van der Waals surface area (Å²) in [6, 6.07) is 2.49. The number of anilines is 2. The number of pyridine rings is 1. The van der Waals surface area contributed by atoms with E-state index < -0.39 is 0 Å². The Morgan fingerprint density at radius 2 is 2.40 bits per heavy atom. The van der Waals surface area contributed by atoms with Crippen LogP contribution >= 0.6 is 11.8 Å². The fourth-order valence-electron chi connectivity index (χ4n) is 1.83. The normalized spacial score (nSPS) is 21.7. The van der Waals surface area contributed by atoms with Gasteiger partial charge in [0.2, 0.25) is 0 Å². The number of nitrogens with two attached hydrogens (primary N) is 1. The molecule has 1 aromatic heterocycles. The van der Waals surface area contributed by atoms with Crippen molar-refractivity contribution >= 4 is 23.3 Å². The predicted molar refractivity (Wildman–Crippen MR) is 67.5 cm³/mol. The Bertz CT molecular complexity index is 354. The highest BCUT2D eigenvalue weighted by Crippen LogP contribution is 2.28. The van der Waals surface area contributed by atoms with Crippen LogP contribution in [0.25, 0.3) is 0 Å². The van der Waals surface area contributed by atoms with E-state index in [1.54, 1.807) is 0 Å². The zero-order chi connectivity index (χ0) is 10.8. The van der Waals surface area contributed by atoms with Crippen molar-refractivity contribution < 1.29 is 0 Å². The molecule has 1 aliphatic heterocycles. The standard InChI is InChI=1S/C11H17N3S/c1-8-3-4-13-11(10(8)12)14-5-6-15-7-9(14)2/h3-4,9H,5-7,12H2,1-2H3. The van der Waals surface area contributed by atoms with Crippen LogP contribution in [0.1, 0.15) is 12.5 Å². The Balaban J connectivity index is 2.31. The van der Waals surface area contributed by atoms with Crippen molar-refractivity contribution in [2.45, 2.75) is 19.9 Å². The number of nitrogen functional groups attached to an aromatic ring is 1. The summed E-state index contributed by atoms with van der Waals surface area (Å²) < 4.78 is 0. The molecular weight excluding hydrogens is 206 g/mol. The van der Waals surface area contributed by atoms with Crippen LogP contribution < -0.4 is 10.6 Å². The van der Waals surface area contributed by atoms with Crippen molar-refractivity contribution in [2.75, 3.05) is 28.7 Å². The number of hydrogen-bond acceptors (Lipinski definition) is 4. The minimum absolute atomic E-state index is 0.528. The van der Waals surface area contributed by atoms with Gasteiger partial charge in [0.25, 0.3) is 0 Å². The lowest BCUT2D eigenvalue weighted by molar-refractivity contribution is 0.691. The Kier molecular flexibility index (Phi) is 3.05. The minimum atomic E-state index is 0.528. The summed E-state index contributed by atoms with van der Waals surface area (Å²) in [4.78, 5) is 6.72. The summed E-state index contributed by atoms with van der Waals surface area (Å²) in [6.45, 7) is 5.31. The smallest absolute Gasteiger partial charge is 0.152 e. The van der Waals surface area contributed by atoms with Crippen LogP contribution in [0.15, 0.2) is 12.3 Å². The highest BCUT2D eigenvalue weighted by atomic mass is 32.2. The summed E-state index contributed by atoms with van der Waals surface area (Å²) in [5.74, 6) is 3.29. The Morgan fingerprint density at radius 3 is 3.13 bits per heavy atom. The third-order valence-corrected chi connectivity index (χ3v) is 4.02. The van der Waals surface area contributed by atoms with Crippen LogP contribution in [0.3, 0.4) is 0 Å². The molecule has 1 unspecified atom stereocenters. The molecule has 0 spiro atoms. The van der Waals surface area contributed by atoms with E-state index in [0.717, 1.165) is 29.4 Å². The number of rotatable bonds is 1. The fourth-order valence-corrected chi connectivity index (χ4v) is 2.84. The Labute approximate surface area is 95.1 Å². The first-order valence-corrected chi connectivity index (χ1v) is 6.41. The van der Waals surface area contributed by atoms with Crippen molar-refractivity contribution in [1.29, 1.82) is 0 Å². The van der Waals surface area contributed by atoms with Gasteiger partial charge in [-0.05, 0) is 25.5 Å². The summed E-state index contributed by atoms with van der Waals surface area (Å²) in [5.41, 5.74) is 8.01. The van der Waals surface area contributed by atoms with Gasteiger partial charge in [-0.2, -0.15) is 11.8 Å². The summed E-state index contributed by atoms with van der Waals surface area (Å²) in [6.07, 6.45) is 1.84. The lowest BCUT2D eigenvalue weighted by Gasteiger charge is -2.34. The number of hydrogen-bond donors (Lipinski definition) is 1. The average Bonchev–Trinajstić information content (AvgIpc) is 2.23.